The zero-order valence-corrected chi connectivity index (χ0v) is 17.9. The van der Waals surface area contributed by atoms with E-state index in [9.17, 15) is 4.79 Å². The Kier molecular flexibility index (Phi) is 5.54. The number of carbonyl (C=O) groups excluding carboxylic acids is 1. The first-order valence-electron chi connectivity index (χ1n) is 10.4. The van der Waals surface area contributed by atoms with Crippen molar-refractivity contribution in [2.45, 2.75) is 13.0 Å². The molecule has 1 aromatic heterocycles. The maximum atomic E-state index is 12.6. The number of carbonyl (C=O) groups is 1. The van der Waals surface area contributed by atoms with E-state index >= 15 is 0 Å². The largest absolute Gasteiger partial charge is 0.492 e. The Morgan fingerprint density at radius 3 is 2.71 bits per heavy atom. The topological polar surface area (TPSA) is 54.5 Å². The number of anilines is 1. The van der Waals surface area contributed by atoms with Gasteiger partial charge in [0.2, 0.25) is 0 Å². The summed E-state index contributed by atoms with van der Waals surface area (Å²) in [7, 11) is 0. The summed E-state index contributed by atoms with van der Waals surface area (Å²) < 4.78 is 6.66. The second kappa shape index (κ2) is 8.78. The normalized spacial score (nSPS) is 13.1. The van der Waals surface area contributed by atoms with Crippen molar-refractivity contribution in [3.05, 3.63) is 89.5 Å². The van der Waals surface area contributed by atoms with Crippen LogP contribution >= 0.6 is 11.3 Å². The van der Waals surface area contributed by atoms with E-state index in [1.165, 1.54) is 11.1 Å². The minimum Gasteiger partial charge on any atom is -0.492 e. The summed E-state index contributed by atoms with van der Waals surface area (Å²) in [5, 5.41) is 3.94. The molecule has 0 saturated heterocycles. The molecule has 4 aromatic rings. The quantitative estimate of drug-likeness (QED) is 0.453. The van der Waals surface area contributed by atoms with Gasteiger partial charge < -0.3 is 15.0 Å². The van der Waals surface area contributed by atoms with Gasteiger partial charge in [-0.15, -0.1) is 0 Å². The number of hydrogen-bond donors (Lipinski definition) is 1. The fourth-order valence-electron chi connectivity index (χ4n) is 3.80. The molecular formula is C25H23N3O2S. The van der Waals surface area contributed by atoms with Gasteiger partial charge in [-0.3, -0.25) is 4.79 Å². The fourth-order valence-corrected chi connectivity index (χ4v) is 4.83. The highest BCUT2D eigenvalue weighted by Crippen LogP contribution is 2.32. The van der Waals surface area contributed by atoms with Crippen LogP contribution in [0.25, 0.3) is 10.2 Å². The molecule has 0 spiro atoms. The summed E-state index contributed by atoms with van der Waals surface area (Å²) >= 11 is 1.65. The number of nitrogens with zero attached hydrogens (tertiary/aromatic N) is 2. The molecule has 0 saturated carbocycles. The first-order valence-corrected chi connectivity index (χ1v) is 11.3. The number of fused-ring (bicyclic) bond motifs is 2. The van der Waals surface area contributed by atoms with Crippen molar-refractivity contribution in [1.29, 1.82) is 0 Å². The van der Waals surface area contributed by atoms with Crippen LogP contribution in [0.15, 0.2) is 72.8 Å². The molecule has 0 fully saturated rings. The van der Waals surface area contributed by atoms with E-state index in [4.69, 9.17) is 9.72 Å². The van der Waals surface area contributed by atoms with Gasteiger partial charge in [0, 0.05) is 18.7 Å². The molecule has 0 unspecified atom stereocenters. The van der Waals surface area contributed by atoms with Crippen LogP contribution in [0.5, 0.6) is 5.75 Å². The van der Waals surface area contributed by atoms with E-state index in [0.717, 1.165) is 40.6 Å². The Labute approximate surface area is 185 Å². The third-order valence-corrected chi connectivity index (χ3v) is 6.52. The van der Waals surface area contributed by atoms with E-state index < -0.39 is 0 Å². The Morgan fingerprint density at radius 1 is 1.03 bits per heavy atom. The monoisotopic (exact) mass is 429 g/mol. The molecule has 1 N–H and O–H groups in total. The van der Waals surface area contributed by atoms with E-state index in [1.807, 2.05) is 48.5 Å². The summed E-state index contributed by atoms with van der Waals surface area (Å²) in [6.45, 7) is 2.72. The van der Waals surface area contributed by atoms with Crippen LogP contribution in [-0.4, -0.2) is 30.6 Å². The van der Waals surface area contributed by atoms with Gasteiger partial charge in [-0.1, -0.05) is 53.8 Å². The van der Waals surface area contributed by atoms with Gasteiger partial charge in [0.15, 0.2) is 5.13 Å². The number of nitrogens with one attached hydrogen (secondary N) is 1. The molecule has 0 bridgehead atoms. The molecule has 6 heteroatoms. The van der Waals surface area contributed by atoms with Gasteiger partial charge >= 0.3 is 0 Å². The molecule has 0 atom stereocenters. The molecular weight excluding hydrogens is 406 g/mol. The third kappa shape index (κ3) is 4.39. The number of ether oxygens (including phenoxy) is 1. The summed E-state index contributed by atoms with van der Waals surface area (Å²) in [6, 6.07) is 23.9. The van der Waals surface area contributed by atoms with Crippen molar-refractivity contribution in [1.82, 2.24) is 10.3 Å². The molecule has 0 aliphatic carbocycles. The van der Waals surface area contributed by atoms with Crippen molar-refractivity contribution in [3.8, 4) is 5.75 Å². The van der Waals surface area contributed by atoms with E-state index in [1.54, 1.807) is 11.3 Å². The first kappa shape index (κ1) is 19.6. The summed E-state index contributed by atoms with van der Waals surface area (Å²) in [5.74, 6) is 0.705. The van der Waals surface area contributed by atoms with E-state index in [0.29, 0.717) is 18.7 Å². The van der Waals surface area contributed by atoms with Crippen LogP contribution in [0.3, 0.4) is 0 Å². The molecule has 5 rings (SSSR count). The number of hydrogen-bond acceptors (Lipinski definition) is 5. The Morgan fingerprint density at radius 2 is 1.84 bits per heavy atom. The maximum Gasteiger partial charge on any atom is 0.251 e. The third-order valence-electron chi connectivity index (χ3n) is 5.44. The molecule has 2 heterocycles. The highest BCUT2D eigenvalue weighted by molar-refractivity contribution is 7.22. The number of amides is 1. The van der Waals surface area contributed by atoms with Crippen molar-refractivity contribution in [3.63, 3.8) is 0 Å². The molecule has 1 aliphatic heterocycles. The lowest BCUT2D eigenvalue weighted by Crippen LogP contribution is -2.30. The van der Waals surface area contributed by atoms with Crippen molar-refractivity contribution in [2.75, 3.05) is 24.6 Å². The average molecular weight is 430 g/mol. The molecule has 5 nitrogen and oxygen atoms in total. The lowest BCUT2D eigenvalue weighted by Gasteiger charge is -2.28. The predicted molar refractivity (Wildman–Crippen MR) is 125 cm³/mol. The Hall–Kier alpha value is -3.38. The van der Waals surface area contributed by atoms with Gasteiger partial charge in [0.25, 0.3) is 5.91 Å². The maximum absolute atomic E-state index is 12.6. The molecule has 0 radical (unpaired) electrons. The number of benzene rings is 3. The van der Waals surface area contributed by atoms with Gasteiger partial charge in [0.1, 0.15) is 12.4 Å². The molecule has 3 aromatic carbocycles. The summed E-state index contributed by atoms with van der Waals surface area (Å²) in [4.78, 5) is 19.7. The van der Waals surface area contributed by atoms with E-state index in [2.05, 4.69) is 34.5 Å². The molecule has 1 aliphatic rings. The lowest BCUT2D eigenvalue weighted by molar-refractivity contribution is 0.0947. The fraction of sp³-hybridized carbons (Fsp3) is 0.200. The molecule has 1 amide bonds. The predicted octanol–water partition coefficient (Wildman–Crippen LogP) is 4.67. The van der Waals surface area contributed by atoms with Crippen LogP contribution in [0, 0.1) is 0 Å². The van der Waals surface area contributed by atoms with Gasteiger partial charge in [-0.05, 0) is 47.9 Å². The summed E-state index contributed by atoms with van der Waals surface area (Å²) in [5.41, 5.74) is 4.37. The standard InChI is InChI=1S/C25H23N3O2S/c29-24(26-13-15-30-21-8-2-1-3-9-21)19-10-11-22-23(16-19)31-25(27-22)28-14-12-18-6-4-5-7-20(18)17-28/h1-11,16H,12-15,17H2,(H,26,29). The number of aromatic nitrogens is 1. The zero-order chi connectivity index (χ0) is 21.0. The molecule has 31 heavy (non-hydrogen) atoms. The van der Waals surface area contributed by atoms with Crippen molar-refractivity contribution >= 4 is 32.6 Å². The Bertz CT molecular complexity index is 1210. The van der Waals surface area contributed by atoms with Gasteiger partial charge in [-0.25, -0.2) is 4.98 Å². The number of rotatable bonds is 6. The average Bonchev–Trinajstić information content (AvgIpc) is 3.25. The summed E-state index contributed by atoms with van der Waals surface area (Å²) in [6.07, 6.45) is 1.03. The van der Waals surface area contributed by atoms with Crippen LogP contribution in [0.4, 0.5) is 5.13 Å². The number of para-hydroxylation sites is 1. The smallest absolute Gasteiger partial charge is 0.251 e. The second-order valence-corrected chi connectivity index (χ2v) is 8.55. The highest BCUT2D eigenvalue weighted by atomic mass is 32.1. The van der Waals surface area contributed by atoms with Crippen LogP contribution < -0.4 is 15.0 Å². The van der Waals surface area contributed by atoms with Crippen LogP contribution in [0.1, 0.15) is 21.5 Å². The highest BCUT2D eigenvalue weighted by Gasteiger charge is 2.19. The molecule has 156 valence electrons. The SMILES string of the molecule is O=C(NCCOc1ccccc1)c1ccc2nc(N3CCc4ccccc4C3)sc2c1. The lowest BCUT2D eigenvalue weighted by atomic mass is 10.0. The van der Waals surface area contributed by atoms with Crippen molar-refractivity contribution < 1.29 is 9.53 Å². The minimum absolute atomic E-state index is 0.0968. The Balaban J connectivity index is 1.23. The first-order chi connectivity index (χ1) is 15.3. The zero-order valence-electron chi connectivity index (χ0n) is 17.1. The minimum atomic E-state index is -0.0968. The van der Waals surface area contributed by atoms with Crippen molar-refractivity contribution in [2.24, 2.45) is 0 Å². The van der Waals surface area contributed by atoms with Gasteiger partial charge in [-0.2, -0.15) is 0 Å². The van der Waals surface area contributed by atoms with Crippen LogP contribution in [-0.2, 0) is 13.0 Å². The van der Waals surface area contributed by atoms with Crippen LogP contribution in [0.2, 0.25) is 0 Å². The van der Waals surface area contributed by atoms with Gasteiger partial charge in [0.05, 0.1) is 16.8 Å². The second-order valence-electron chi connectivity index (χ2n) is 7.54. The van der Waals surface area contributed by atoms with E-state index in [-0.39, 0.29) is 5.91 Å². The number of thiazole rings is 1.